The van der Waals surface area contributed by atoms with Crippen molar-refractivity contribution in [2.45, 2.75) is 51.6 Å². The molecule has 5 heteroatoms. The van der Waals surface area contributed by atoms with E-state index in [1.807, 2.05) is 30.3 Å². The molecule has 1 aliphatic heterocycles. The number of nitrogens with zero attached hydrogens (tertiary/aromatic N) is 1. The topological polar surface area (TPSA) is 40.0 Å². The third-order valence-corrected chi connectivity index (χ3v) is 4.23. The summed E-state index contributed by atoms with van der Waals surface area (Å²) in [5.74, 6) is 0. The summed E-state index contributed by atoms with van der Waals surface area (Å²) in [5.41, 5.74) is 1.40. The van der Waals surface area contributed by atoms with Crippen molar-refractivity contribution in [2.24, 2.45) is 5.16 Å². The van der Waals surface area contributed by atoms with Crippen molar-refractivity contribution in [2.75, 3.05) is 7.11 Å². The molecule has 1 fully saturated rings. The quantitative estimate of drug-likeness (QED) is 0.473. The number of hydrogen-bond acceptors (Lipinski definition) is 4. The molecule has 2 rings (SSSR count). The first-order valence-electron chi connectivity index (χ1n) is 7.37. The fourth-order valence-corrected chi connectivity index (χ4v) is 2.32. The summed E-state index contributed by atoms with van der Waals surface area (Å²) in [5, 5.41) is 4.13. The first kappa shape index (κ1) is 16.1. The molecular weight excluding hydrogens is 265 g/mol. The first-order chi connectivity index (χ1) is 9.86. The van der Waals surface area contributed by atoms with Gasteiger partial charge in [0.15, 0.2) is 0 Å². The Morgan fingerprint density at radius 1 is 1.10 bits per heavy atom. The monoisotopic (exact) mass is 289 g/mol. The molecule has 0 bridgehead atoms. The minimum atomic E-state index is -0.289. The molecule has 0 spiro atoms. The first-order valence-corrected chi connectivity index (χ1v) is 7.37. The second-order valence-electron chi connectivity index (χ2n) is 6.31. The zero-order valence-electron chi connectivity index (χ0n) is 13.6. The molecule has 1 aromatic carbocycles. The Labute approximate surface area is 127 Å². The Bertz CT molecular complexity index is 484. The van der Waals surface area contributed by atoms with Crippen molar-refractivity contribution >= 4 is 12.8 Å². The van der Waals surface area contributed by atoms with E-state index in [1.54, 1.807) is 7.11 Å². The zero-order valence-corrected chi connectivity index (χ0v) is 13.6. The third-order valence-electron chi connectivity index (χ3n) is 4.23. The molecule has 0 aromatic heterocycles. The lowest BCUT2D eigenvalue weighted by molar-refractivity contribution is 0.00578. The second kappa shape index (κ2) is 6.20. The van der Waals surface area contributed by atoms with E-state index in [0.717, 1.165) is 24.0 Å². The molecule has 0 radical (unpaired) electrons. The Hall–Kier alpha value is -1.33. The Morgan fingerprint density at radius 2 is 1.67 bits per heavy atom. The normalized spacial score (nSPS) is 20.6. The summed E-state index contributed by atoms with van der Waals surface area (Å²) in [6.45, 7) is 8.26. The Kier molecular flexibility index (Phi) is 4.74. The predicted octanol–water partition coefficient (Wildman–Crippen LogP) is 3.52. The zero-order chi connectivity index (χ0) is 15.5. The van der Waals surface area contributed by atoms with Gasteiger partial charge in [0, 0.05) is 0 Å². The average molecular weight is 289 g/mol. The van der Waals surface area contributed by atoms with Gasteiger partial charge in [-0.2, -0.15) is 0 Å². The van der Waals surface area contributed by atoms with Crippen molar-refractivity contribution in [3.8, 4) is 0 Å². The maximum atomic E-state index is 6.01. The van der Waals surface area contributed by atoms with Crippen LogP contribution in [0, 0.1) is 0 Å². The van der Waals surface area contributed by atoms with Crippen LogP contribution in [0.15, 0.2) is 35.5 Å². The smallest absolute Gasteiger partial charge is 0.403 e. The summed E-state index contributed by atoms with van der Waals surface area (Å²) >= 11 is 0. The van der Waals surface area contributed by atoms with Gasteiger partial charge in [-0.05, 0) is 46.0 Å². The minimum Gasteiger partial charge on any atom is -0.403 e. The molecule has 1 aliphatic rings. The number of hydrogen-bond donors (Lipinski definition) is 0. The maximum absolute atomic E-state index is 6.01. The SMILES string of the molecule is CO/N=C(\CCB1OC(C)(C)C(C)(C)O1)c1ccccc1. The molecule has 0 N–H and O–H groups in total. The lowest BCUT2D eigenvalue weighted by Crippen LogP contribution is -2.41. The third kappa shape index (κ3) is 3.66. The molecule has 0 aliphatic carbocycles. The molecule has 0 atom stereocenters. The molecule has 1 saturated heterocycles. The predicted molar refractivity (Wildman–Crippen MR) is 85.5 cm³/mol. The van der Waals surface area contributed by atoms with Crippen molar-refractivity contribution in [3.63, 3.8) is 0 Å². The van der Waals surface area contributed by atoms with Crippen LogP contribution in [0.4, 0.5) is 0 Å². The lowest BCUT2D eigenvalue weighted by Gasteiger charge is -2.32. The highest BCUT2D eigenvalue weighted by Crippen LogP contribution is 2.38. The molecule has 0 unspecified atom stereocenters. The molecule has 1 aromatic rings. The van der Waals surface area contributed by atoms with E-state index >= 15 is 0 Å². The molecule has 1 heterocycles. The lowest BCUT2D eigenvalue weighted by atomic mass is 9.81. The second-order valence-corrected chi connectivity index (χ2v) is 6.31. The largest absolute Gasteiger partial charge is 0.458 e. The van der Waals surface area contributed by atoms with E-state index in [4.69, 9.17) is 14.1 Å². The molecular formula is C16H24BNO3. The van der Waals surface area contributed by atoms with Gasteiger partial charge in [-0.25, -0.2) is 0 Å². The highest BCUT2D eigenvalue weighted by Gasteiger charge is 2.50. The van der Waals surface area contributed by atoms with Crippen molar-refractivity contribution in [1.82, 2.24) is 0 Å². The van der Waals surface area contributed by atoms with E-state index in [2.05, 4.69) is 32.9 Å². The highest BCUT2D eigenvalue weighted by molar-refractivity contribution is 6.46. The number of benzene rings is 1. The fourth-order valence-electron chi connectivity index (χ4n) is 2.32. The molecule has 0 amide bonds. The van der Waals surface area contributed by atoms with Gasteiger partial charge < -0.3 is 14.1 Å². The number of rotatable bonds is 5. The van der Waals surface area contributed by atoms with Crippen molar-refractivity contribution in [1.29, 1.82) is 0 Å². The Balaban J connectivity index is 2.00. The van der Waals surface area contributed by atoms with Crippen LogP contribution in [0.25, 0.3) is 0 Å². The van der Waals surface area contributed by atoms with Crippen molar-refractivity contribution < 1.29 is 14.1 Å². The number of oxime groups is 1. The maximum Gasteiger partial charge on any atom is 0.458 e. The van der Waals surface area contributed by atoms with Gasteiger partial charge >= 0.3 is 7.12 Å². The van der Waals surface area contributed by atoms with Crippen LogP contribution in [-0.2, 0) is 14.1 Å². The van der Waals surface area contributed by atoms with E-state index in [0.29, 0.717) is 0 Å². The average Bonchev–Trinajstić information content (AvgIpc) is 2.64. The van der Waals surface area contributed by atoms with E-state index < -0.39 is 0 Å². The van der Waals surface area contributed by atoms with Crippen molar-refractivity contribution in [3.05, 3.63) is 35.9 Å². The van der Waals surface area contributed by atoms with Gasteiger partial charge in [-0.15, -0.1) is 0 Å². The van der Waals surface area contributed by atoms with Gasteiger partial charge in [0.05, 0.1) is 16.9 Å². The van der Waals surface area contributed by atoms with Gasteiger partial charge in [-0.1, -0.05) is 35.5 Å². The summed E-state index contributed by atoms with van der Waals surface area (Å²) in [4.78, 5) is 4.96. The summed E-state index contributed by atoms with van der Waals surface area (Å²) in [6, 6.07) is 10.0. The summed E-state index contributed by atoms with van der Waals surface area (Å²) in [6.07, 6.45) is 1.50. The van der Waals surface area contributed by atoms with Crippen LogP contribution >= 0.6 is 0 Å². The minimum absolute atomic E-state index is 0.208. The highest BCUT2D eigenvalue weighted by atomic mass is 16.7. The van der Waals surface area contributed by atoms with E-state index in [1.165, 1.54) is 0 Å². The van der Waals surface area contributed by atoms with E-state index in [9.17, 15) is 0 Å². The van der Waals surface area contributed by atoms with Crippen LogP contribution in [0.2, 0.25) is 6.32 Å². The van der Waals surface area contributed by atoms with Crippen LogP contribution in [0.5, 0.6) is 0 Å². The fraction of sp³-hybridized carbons (Fsp3) is 0.562. The van der Waals surface area contributed by atoms with Gasteiger partial charge in [0.1, 0.15) is 7.11 Å². The van der Waals surface area contributed by atoms with Gasteiger partial charge in [-0.3, -0.25) is 0 Å². The van der Waals surface area contributed by atoms with Crippen LogP contribution in [0.3, 0.4) is 0 Å². The molecule has 0 saturated carbocycles. The van der Waals surface area contributed by atoms with Gasteiger partial charge in [0.2, 0.25) is 0 Å². The summed E-state index contributed by atoms with van der Waals surface area (Å²) < 4.78 is 12.0. The molecule has 114 valence electrons. The molecule has 21 heavy (non-hydrogen) atoms. The van der Waals surface area contributed by atoms with E-state index in [-0.39, 0.29) is 18.3 Å². The van der Waals surface area contributed by atoms with Gasteiger partial charge in [0.25, 0.3) is 0 Å². The molecule has 4 nitrogen and oxygen atoms in total. The standard InChI is InChI=1S/C16H24BNO3/c1-15(2)16(3,4)21-17(20-15)12-11-14(18-19-5)13-9-7-6-8-10-13/h6-10H,11-12H2,1-5H3/b18-14+. The van der Waals surface area contributed by atoms with Crippen LogP contribution in [-0.4, -0.2) is 31.1 Å². The van der Waals surface area contributed by atoms with Crippen LogP contribution in [0.1, 0.15) is 39.7 Å². The Morgan fingerprint density at radius 3 is 2.19 bits per heavy atom. The van der Waals surface area contributed by atoms with Crippen LogP contribution < -0.4 is 0 Å². The summed E-state index contributed by atoms with van der Waals surface area (Å²) in [7, 11) is 1.36.